The van der Waals surface area contributed by atoms with E-state index in [1.165, 1.54) is 37.0 Å². The van der Waals surface area contributed by atoms with Gasteiger partial charge in [-0.15, -0.1) is 15.8 Å². The van der Waals surface area contributed by atoms with Gasteiger partial charge in [0.25, 0.3) is 20.2 Å². The van der Waals surface area contributed by atoms with E-state index in [4.69, 9.17) is 33.2 Å². The Morgan fingerprint density at radius 1 is 0.667 bits per heavy atom. The molecule has 246 valence electrons. The van der Waals surface area contributed by atoms with Gasteiger partial charge in [-0.3, -0.25) is 9.11 Å². The first kappa shape index (κ1) is 41.0. The van der Waals surface area contributed by atoms with Gasteiger partial charge in [-0.05, 0) is 76.8 Å². The van der Waals surface area contributed by atoms with Crippen molar-refractivity contribution in [2.75, 3.05) is 89.8 Å². The molecule has 0 aliphatic heterocycles. The number of aromatic carboxylic acids is 1. The highest BCUT2D eigenvalue weighted by molar-refractivity contribution is 7.89. The Bertz CT molecular complexity index is 1070. The van der Waals surface area contributed by atoms with Gasteiger partial charge >= 0.3 is 5.97 Å². The zero-order valence-electron chi connectivity index (χ0n) is 24.7. The second kappa shape index (κ2) is 22.5. The van der Waals surface area contributed by atoms with Crippen molar-refractivity contribution >= 4 is 42.0 Å². The first-order chi connectivity index (χ1) is 19.7. The Morgan fingerprint density at radius 3 is 1.29 bits per heavy atom. The van der Waals surface area contributed by atoms with Crippen LogP contribution in [0.2, 0.25) is 0 Å². The lowest BCUT2D eigenvalue weighted by Crippen LogP contribution is -2.11. The molecule has 42 heavy (non-hydrogen) atoms. The molecule has 0 fully saturated rings. The third-order valence-electron chi connectivity index (χ3n) is 5.62. The van der Waals surface area contributed by atoms with Gasteiger partial charge in [-0.25, -0.2) is 4.79 Å². The minimum atomic E-state index is -5.26. The monoisotopic (exact) mass is 680 g/mol. The average molecular weight is 681 g/mol. The molecule has 4 N–H and O–H groups in total. The summed E-state index contributed by atoms with van der Waals surface area (Å²) < 4.78 is 83.4. The normalized spacial score (nSPS) is 12.0. The minimum absolute atomic E-state index is 0.0310. The lowest BCUT2D eigenvalue weighted by atomic mass is 10.2. The smallest absolute Gasteiger partial charge is 0.339 e. The SMILES string of the molecule is CCOCCP(CCOCC)CCP(CCOCC)CCOCC.O=C(O)c1ccc(S(=O)(=O)O)c(S(=O)(=O)O)c1O. The number of hydrogen-bond donors (Lipinski definition) is 4. The zero-order chi connectivity index (χ0) is 32.2. The number of aromatic hydroxyl groups is 1. The molecule has 0 heterocycles. The van der Waals surface area contributed by atoms with E-state index in [1.807, 2.05) is 0 Å². The zero-order valence-corrected chi connectivity index (χ0v) is 28.2. The fourth-order valence-electron chi connectivity index (χ4n) is 3.48. The van der Waals surface area contributed by atoms with Crippen molar-refractivity contribution in [3.05, 3.63) is 17.7 Å². The second-order valence-electron chi connectivity index (χ2n) is 8.52. The maximum absolute atomic E-state index is 10.9. The summed E-state index contributed by atoms with van der Waals surface area (Å²) in [4.78, 5) is 7.69. The molecule has 13 nitrogen and oxygen atoms in total. The first-order valence-electron chi connectivity index (χ1n) is 13.5. The summed E-state index contributed by atoms with van der Waals surface area (Å²) in [6.07, 6.45) is 7.57. The Hall–Kier alpha value is -0.990. The van der Waals surface area contributed by atoms with Crippen LogP contribution < -0.4 is 0 Å². The number of ether oxygens (including phenoxy) is 4. The number of carbonyl (C=O) groups is 1. The molecular weight excluding hydrogens is 634 g/mol. The Balaban J connectivity index is 0.000000831. The Labute approximate surface area is 252 Å². The number of carboxylic acids is 1. The minimum Gasteiger partial charge on any atom is -0.506 e. The van der Waals surface area contributed by atoms with Crippen LogP contribution in [0.25, 0.3) is 0 Å². The molecule has 0 aromatic heterocycles. The van der Waals surface area contributed by atoms with Crippen molar-refractivity contribution in [1.29, 1.82) is 0 Å². The third-order valence-corrected chi connectivity index (χ3v) is 12.9. The Kier molecular flexibility index (Phi) is 22.0. The molecular formula is C25H46O13P2S2. The third kappa shape index (κ3) is 17.3. The van der Waals surface area contributed by atoms with E-state index in [2.05, 4.69) is 27.7 Å². The summed E-state index contributed by atoms with van der Waals surface area (Å²) in [6.45, 7) is 15.2. The number of benzene rings is 1. The van der Waals surface area contributed by atoms with E-state index < -0.39 is 47.3 Å². The van der Waals surface area contributed by atoms with Gasteiger partial charge in [0.2, 0.25) is 0 Å². The lowest BCUT2D eigenvalue weighted by molar-refractivity contribution is 0.0693. The molecule has 0 spiro atoms. The van der Waals surface area contributed by atoms with Crippen LogP contribution in [0.4, 0.5) is 0 Å². The number of hydrogen-bond acceptors (Lipinski definition) is 10. The van der Waals surface area contributed by atoms with Crippen LogP contribution >= 0.6 is 15.8 Å². The van der Waals surface area contributed by atoms with E-state index >= 15 is 0 Å². The molecule has 0 aliphatic rings. The van der Waals surface area contributed by atoms with E-state index in [9.17, 15) is 26.7 Å². The predicted molar refractivity (Wildman–Crippen MR) is 164 cm³/mol. The van der Waals surface area contributed by atoms with E-state index in [0.29, 0.717) is 12.1 Å². The van der Waals surface area contributed by atoms with Crippen LogP contribution in [0.1, 0.15) is 38.1 Å². The lowest BCUT2D eigenvalue weighted by Gasteiger charge is -2.22. The molecule has 0 aliphatic carbocycles. The van der Waals surface area contributed by atoms with Crippen LogP contribution in [-0.2, 0) is 39.2 Å². The van der Waals surface area contributed by atoms with Crippen LogP contribution in [0.3, 0.4) is 0 Å². The predicted octanol–water partition coefficient (Wildman–Crippen LogP) is 3.68. The molecule has 0 bridgehead atoms. The summed E-state index contributed by atoms with van der Waals surface area (Å²) in [7, 11) is -10.3. The summed E-state index contributed by atoms with van der Waals surface area (Å²) in [6, 6.07) is 0.997. The molecule has 0 saturated heterocycles. The largest absolute Gasteiger partial charge is 0.506 e. The van der Waals surface area contributed by atoms with Crippen LogP contribution in [0.15, 0.2) is 21.9 Å². The number of carboxylic acid groups (broad SMARTS) is 1. The molecule has 1 aromatic carbocycles. The van der Waals surface area contributed by atoms with Crippen molar-refractivity contribution in [3.8, 4) is 5.75 Å². The topological polar surface area (TPSA) is 203 Å². The van der Waals surface area contributed by atoms with Crippen molar-refractivity contribution in [1.82, 2.24) is 0 Å². The molecule has 0 radical (unpaired) electrons. The molecule has 0 saturated carbocycles. The van der Waals surface area contributed by atoms with Gasteiger partial charge in [-0.1, -0.05) is 0 Å². The van der Waals surface area contributed by atoms with E-state index in [1.54, 1.807) is 0 Å². The molecule has 0 unspecified atom stereocenters. The molecule has 0 amide bonds. The second-order valence-corrected chi connectivity index (χ2v) is 16.6. The average Bonchev–Trinajstić information content (AvgIpc) is 2.90. The molecule has 1 aromatic rings. The Morgan fingerprint density at radius 2 is 1.02 bits per heavy atom. The highest BCUT2D eigenvalue weighted by Gasteiger charge is 2.31. The highest BCUT2D eigenvalue weighted by atomic mass is 32.2. The quantitative estimate of drug-likeness (QED) is 0.0785. The van der Waals surface area contributed by atoms with E-state index in [-0.39, 0.29) is 15.8 Å². The van der Waals surface area contributed by atoms with Crippen molar-refractivity contribution in [3.63, 3.8) is 0 Å². The standard InChI is InChI=1S/C18H40O4P2.C7H6O9S2/c1-5-19-9-13-23(14-10-20-6-2)17-18-24(15-11-21-7-3)16-12-22-8-4;8-5-3(7(9)10)1-2-4(17(11,12)13)6(5)18(14,15)16/h5-18H2,1-4H3;1-2,8H,(H,9,10)(H,11,12,13)(H,14,15,16). The number of rotatable bonds is 22. The van der Waals surface area contributed by atoms with Gasteiger partial charge in [0, 0.05) is 26.4 Å². The summed E-state index contributed by atoms with van der Waals surface area (Å²) in [5, 5.41) is 17.9. The van der Waals surface area contributed by atoms with Gasteiger partial charge < -0.3 is 29.2 Å². The highest BCUT2D eigenvalue weighted by Crippen LogP contribution is 2.42. The maximum atomic E-state index is 10.9. The van der Waals surface area contributed by atoms with Gasteiger partial charge in [0.1, 0.15) is 10.5 Å². The van der Waals surface area contributed by atoms with Crippen LogP contribution in [-0.4, -0.2) is 132 Å². The molecule has 1 rings (SSSR count). The summed E-state index contributed by atoms with van der Waals surface area (Å²) in [5.41, 5.74) is -0.949. The van der Waals surface area contributed by atoms with Crippen molar-refractivity contribution in [2.24, 2.45) is 0 Å². The van der Waals surface area contributed by atoms with Crippen molar-refractivity contribution in [2.45, 2.75) is 37.5 Å². The van der Waals surface area contributed by atoms with Crippen LogP contribution in [0.5, 0.6) is 5.75 Å². The fraction of sp³-hybridized carbons (Fsp3) is 0.720. The van der Waals surface area contributed by atoms with E-state index in [0.717, 1.165) is 52.9 Å². The number of phenols is 1. The van der Waals surface area contributed by atoms with Gasteiger partial charge in [0.05, 0.1) is 26.4 Å². The van der Waals surface area contributed by atoms with Crippen molar-refractivity contribution < 1.29 is 59.9 Å². The molecule has 0 atom stereocenters. The van der Waals surface area contributed by atoms with Gasteiger partial charge in [0.15, 0.2) is 10.6 Å². The maximum Gasteiger partial charge on any atom is 0.339 e. The summed E-state index contributed by atoms with van der Waals surface area (Å²) in [5.74, 6) is -3.24. The fourth-order valence-corrected chi connectivity index (χ4v) is 10.5. The first-order valence-corrected chi connectivity index (χ1v) is 20.2. The summed E-state index contributed by atoms with van der Waals surface area (Å²) >= 11 is 0. The van der Waals surface area contributed by atoms with Crippen LogP contribution in [0, 0.1) is 0 Å². The molecule has 17 heteroatoms. The van der Waals surface area contributed by atoms with Gasteiger partial charge in [-0.2, -0.15) is 16.8 Å².